The second-order valence-corrected chi connectivity index (χ2v) is 7.43. The summed E-state index contributed by atoms with van der Waals surface area (Å²) in [4.78, 5) is 16.6. The molecule has 2 aromatic carbocycles. The van der Waals surface area contributed by atoms with Crippen molar-refractivity contribution in [1.29, 1.82) is 0 Å². The van der Waals surface area contributed by atoms with Crippen molar-refractivity contribution in [3.05, 3.63) is 70.1 Å². The van der Waals surface area contributed by atoms with Gasteiger partial charge in [-0.25, -0.2) is 0 Å². The van der Waals surface area contributed by atoms with Gasteiger partial charge in [0, 0.05) is 28.7 Å². The van der Waals surface area contributed by atoms with Gasteiger partial charge in [0.25, 0.3) is 5.91 Å². The number of aryl methyl sites for hydroxylation is 2. The van der Waals surface area contributed by atoms with E-state index in [1.54, 1.807) is 16.2 Å². The van der Waals surface area contributed by atoms with Crippen LogP contribution in [0.3, 0.4) is 0 Å². The summed E-state index contributed by atoms with van der Waals surface area (Å²) >= 11 is 1.55. The number of carbonyl (C=O) groups is 1. The largest absolute Gasteiger partial charge is 0.488 e. The van der Waals surface area contributed by atoms with Crippen LogP contribution in [0.5, 0.6) is 5.75 Å². The van der Waals surface area contributed by atoms with Gasteiger partial charge >= 0.3 is 0 Å². The fourth-order valence-electron chi connectivity index (χ4n) is 3.02. The SMILES string of the molecule is Cc1ccc(N(C)C(=O)c2cc3c(s2)-c2ccccc2OC3)cc1C. The van der Waals surface area contributed by atoms with Gasteiger partial charge < -0.3 is 9.64 Å². The van der Waals surface area contributed by atoms with Crippen molar-refractivity contribution < 1.29 is 9.53 Å². The standard InChI is InChI=1S/C21H19NO2S/c1-13-8-9-16(10-14(13)2)22(3)21(23)19-11-15-12-24-18-7-5-4-6-17(18)20(15)25-19/h4-11H,12H2,1-3H3. The predicted octanol–water partition coefficient (Wildman–Crippen LogP) is 5.20. The highest BCUT2D eigenvalue weighted by Gasteiger charge is 2.24. The lowest BCUT2D eigenvalue weighted by Crippen LogP contribution is -2.25. The molecule has 4 heteroatoms. The smallest absolute Gasteiger partial charge is 0.268 e. The summed E-state index contributed by atoms with van der Waals surface area (Å²) in [6, 6.07) is 16.1. The predicted molar refractivity (Wildman–Crippen MR) is 103 cm³/mol. The van der Waals surface area contributed by atoms with E-state index < -0.39 is 0 Å². The first-order chi connectivity index (χ1) is 12.0. The van der Waals surface area contributed by atoms with Gasteiger partial charge in [0.05, 0.1) is 4.88 Å². The molecule has 1 aromatic heterocycles. The fourth-order valence-corrected chi connectivity index (χ4v) is 4.19. The van der Waals surface area contributed by atoms with Crippen molar-refractivity contribution in [1.82, 2.24) is 0 Å². The molecule has 1 amide bonds. The first kappa shape index (κ1) is 15.9. The minimum atomic E-state index is 0.0140. The number of amides is 1. The van der Waals surface area contributed by atoms with E-state index in [9.17, 15) is 4.79 Å². The number of para-hydroxylation sites is 1. The van der Waals surface area contributed by atoms with Crippen molar-refractivity contribution >= 4 is 22.9 Å². The summed E-state index contributed by atoms with van der Waals surface area (Å²) in [6.45, 7) is 4.66. The van der Waals surface area contributed by atoms with Crippen LogP contribution in [-0.4, -0.2) is 13.0 Å². The van der Waals surface area contributed by atoms with Gasteiger partial charge in [0.1, 0.15) is 12.4 Å². The molecular formula is C21H19NO2S. The van der Waals surface area contributed by atoms with E-state index in [1.165, 1.54) is 11.1 Å². The number of thiophene rings is 1. The summed E-state index contributed by atoms with van der Waals surface area (Å²) in [5, 5.41) is 0. The fraction of sp³-hybridized carbons (Fsp3) is 0.190. The summed E-state index contributed by atoms with van der Waals surface area (Å²) < 4.78 is 5.80. The number of rotatable bonds is 2. The van der Waals surface area contributed by atoms with Crippen molar-refractivity contribution in [3.8, 4) is 16.2 Å². The molecule has 0 saturated carbocycles. The second kappa shape index (κ2) is 6.05. The van der Waals surface area contributed by atoms with E-state index in [1.807, 2.05) is 43.4 Å². The van der Waals surface area contributed by atoms with E-state index in [4.69, 9.17) is 4.74 Å². The van der Waals surface area contributed by atoms with Crippen LogP contribution in [0.4, 0.5) is 5.69 Å². The van der Waals surface area contributed by atoms with E-state index in [0.717, 1.165) is 32.3 Å². The first-order valence-electron chi connectivity index (χ1n) is 8.25. The summed E-state index contributed by atoms with van der Waals surface area (Å²) in [7, 11) is 1.83. The third-order valence-corrected chi connectivity index (χ3v) is 5.92. The van der Waals surface area contributed by atoms with Gasteiger partial charge in [-0.05, 0) is 55.3 Å². The van der Waals surface area contributed by atoms with Crippen LogP contribution in [0, 0.1) is 13.8 Å². The summed E-state index contributed by atoms with van der Waals surface area (Å²) in [5.74, 6) is 0.901. The van der Waals surface area contributed by atoms with Crippen LogP contribution in [0.15, 0.2) is 48.5 Å². The number of hydrogen-bond donors (Lipinski definition) is 0. The molecule has 2 heterocycles. The zero-order chi connectivity index (χ0) is 17.6. The molecule has 4 rings (SSSR count). The molecule has 0 unspecified atom stereocenters. The minimum Gasteiger partial charge on any atom is -0.488 e. The molecule has 0 atom stereocenters. The zero-order valence-electron chi connectivity index (χ0n) is 14.5. The Morgan fingerprint density at radius 2 is 1.88 bits per heavy atom. The molecule has 25 heavy (non-hydrogen) atoms. The topological polar surface area (TPSA) is 29.5 Å². The Bertz CT molecular complexity index is 974. The number of anilines is 1. The molecule has 0 saturated heterocycles. The first-order valence-corrected chi connectivity index (χ1v) is 9.06. The van der Waals surface area contributed by atoms with Gasteiger partial charge in [0.2, 0.25) is 0 Å². The number of carbonyl (C=O) groups excluding carboxylic acids is 1. The van der Waals surface area contributed by atoms with Crippen molar-refractivity contribution in [2.75, 3.05) is 11.9 Å². The maximum Gasteiger partial charge on any atom is 0.268 e. The number of fused-ring (bicyclic) bond motifs is 3. The van der Waals surface area contributed by atoms with Gasteiger partial charge in [-0.1, -0.05) is 18.2 Å². The normalized spacial score (nSPS) is 12.1. The van der Waals surface area contributed by atoms with E-state index in [0.29, 0.717) is 6.61 Å². The van der Waals surface area contributed by atoms with Crippen LogP contribution in [0.1, 0.15) is 26.4 Å². The highest BCUT2D eigenvalue weighted by atomic mass is 32.1. The van der Waals surface area contributed by atoms with Crippen LogP contribution in [0.25, 0.3) is 10.4 Å². The Hall–Kier alpha value is -2.59. The number of nitrogens with zero attached hydrogens (tertiary/aromatic N) is 1. The Labute approximate surface area is 151 Å². The molecule has 1 aliphatic heterocycles. The van der Waals surface area contributed by atoms with Crippen LogP contribution < -0.4 is 9.64 Å². The average molecular weight is 349 g/mol. The number of benzene rings is 2. The maximum atomic E-state index is 13.0. The van der Waals surface area contributed by atoms with Gasteiger partial charge in [-0.3, -0.25) is 4.79 Å². The Morgan fingerprint density at radius 3 is 2.68 bits per heavy atom. The molecule has 0 spiro atoms. The van der Waals surface area contributed by atoms with Crippen LogP contribution in [-0.2, 0) is 6.61 Å². The molecule has 126 valence electrons. The molecule has 3 aromatic rings. The van der Waals surface area contributed by atoms with Gasteiger partial charge in [-0.2, -0.15) is 0 Å². The van der Waals surface area contributed by atoms with E-state index >= 15 is 0 Å². The lowest BCUT2D eigenvalue weighted by molar-refractivity contribution is 0.0997. The van der Waals surface area contributed by atoms with Crippen molar-refractivity contribution in [2.24, 2.45) is 0 Å². The summed E-state index contributed by atoms with van der Waals surface area (Å²) in [6.07, 6.45) is 0. The van der Waals surface area contributed by atoms with E-state index in [-0.39, 0.29) is 5.91 Å². The Balaban J connectivity index is 1.68. The third kappa shape index (κ3) is 2.72. The summed E-state index contributed by atoms with van der Waals surface area (Å²) in [5.41, 5.74) is 5.48. The molecule has 1 aliphatic rings. The second-order valence-electron chi connectivity index (χ2n) is 6.38. The Kier molecular flexibility index (Phi) is 3.85. The zero-order valence-corrected chi connectivity index (χ0v) is 15.3. The molecular weight excluding hydrogens is 330 g/mol. The Morgan fingerprint density at radius 1 is 1.08 bits per heavy atom. The number of ether oxygens (including phenoxy) is 1. The molecule has 0 bridgehead atoms. The van der Waals surface area contributed by atoms with Crippen LogP contribution in [0.2, 0.25) is 0 Å². The molecule has 0 aliphatic carbocycles. The third-order valence-electron chi connectivity index (χ3n) is 4.72. The average Bonchev–Trinajstić information content (AvgIpc) is 3.07. The molecule has 0 fully saturated rings. The van der Waals surface area contributed by atoms with Gasteiger partial charge in [0.15, 0.2) is 0 Å². The van der Waals surface area contributed by atoms with Crippen molar-refractivity contribution in [2.45, 2.75) is 20.5 Å². The minimum absolute atomic E-state index is 0.0140. The van der Waals surface area contributed by atoms with E-state index in [2.05, 4.69) is 26.0 Å². The van der Waals surface area contributed by atoms with Crippen molar-refractivity contribution in [3.63, 3.8) is 0 Å². The molecule has 0 N–H and O–H groups in total. The molecule has 3 nitrogen and oxygen atoms in total. The van der Waals surface area contributed by atoms with Gasteiger partial charge in [-0.15, -0.1) is 11.3 Å². The monoisotopic (exact) mass is 349 g/mol. The van der Waals surface area contributed by atoms with Crippen LogP contribution >= 0.6 is 11.3 Å². The molecule has 0 radical (unpaired) electrons. The lowest BCUT2D eigenvalue weighted by atomic mass is 10.1. The number of hydrogen-bond acceptors (Lipinski definition) is 3. The lowest BCUT2D eigenvalue weighted by Gasteiger charge is -2.17. The maximum absolute atomic E-state index is 13.0. The highest BCUT2D eigenvalue weighted by molar-refractivity contribution is 7.17. The highest BCUT2D eigenvalue weighted by Crippen LogP contribution is 2.42. The quantitative estimate of drug-likeness (QED) is 0.636.